The Labute approximate surface area is 131 Å². The molecule has 0 bridgehead atoms. The van der Waals surface area contributed by atoms with Crippen LogP contribution in [0.25, 0.3) is 0 Å². The van der Waals surface area contributed by atoms with Crippen LogP contribution in [0.15, 0.2) is 17.1 Å². The molecule has 6 heteroatoms. The minimum atomic E-state index is -0.312. The molecule has 0 saturated carbocycles. The summed E-state index contributed by atoms with van der Waals surface area (Å²) in [6.07, 6.45) is 3.57. The first-order valence-corrected chi connectivity index (χ1v) is 7.90. The van der Waals surface area contributed by atoms with Crippen LogP contribution >= 0.6 is 0 Å². The lowest BCUT2D eigenvalue weighted by molar-refractivity contribution is -0.129. The lowest BCUT2D eigenvalue weighted by Crippen LogP contribution is -2.39. The molecule has 1 aromatic rings. The van der Waals surface area contributed by atoms with Crippen LogP contribution in [0.5, 0.6) is 0 Å². The predicted octanol–water partition coefficient (Wildman–Crippen LogP) is 1.16. The van der Waals surface area contributed by atoms with Crippen molar-refractivity contribution in [1.29, 1.82) is 0 Å². The number of anilines is 1. The van der Waals surface area contributed by atoms with E-state index >= 15 is 0 Å². The van der Waals surface area contributed by atoms with Gasteiger partial charge in [-0.3, -0.25) is 9.59 Å². The van der Waals surface area contributed by atoms with Crippen LogP contribution in [0.2, 0.25) is 0 Å². The van der Waals surface area contributed by atoms with Gasteiger partial charge < -0.3 is 10.2 Å². The quantitative estimate of drug-likeness (QED) is 0.886. The van der Waals surface area contributed by atoms with Gasteiger partial charge in [0, 0.05) is 38.2 Å². The standard InChI is InChI=1S/C16H26N4O2/c1-5-16(2,3)15(22)17-9-12-6-7-20(11-12)13-8-14(21)19(4)18-10-13/h8,10,12H,5-7,9,11H2,1-4H3,(H,17,22)/t12-/m1/s1. The van der Waals surface area contributed by atoms with Crippen LogP contribution in [-0.4, -0.2) is 35.3 Å². The third-order valence-electron chi connectivity index (χ3n) is 4.65. The SMILES string of the molecule is CCC(C)(C)C(=O)NC[C@H]1CCN(c2cnn(C)c(=O)c2)C1. The van der Waals surface area contributed by atoms with E-state index in [1.807, 2.05) is 20.8 Å². The molecule has 1 amide bonds. The van der Waals surface area contributed by atoms with E-state index in [0.29, 0.717) is 12.5 Å². The Balaban J connectivity index is 1.89. The molecule has 1 saturated heterocycles. The molecule has 1 fully saturated rings. The van der Waals surface area contributed by atoms with Gasteiger partial charge in [-0.15, -0.1) is 0 Å². The van der Waals surface area contributed by atoms with Crippen molar-refractivity contribution in [2.75, 3.05) is 24.5 Å². The van der Waals surface area contributed by atoms with E-state index in [1.165, 1.54) is 4.68 Å². The number of hydrogen-bond acceptors (Lipinski definition) is 4. The molecule has 0 aromatic carbocycles. The number of nitrogens with one attached hydrogen (secondary N) is 1. The molecule has 2 rings (SSSR count). The fourth-order valence-electron chi connectivity index (χ4n) is 2.50. The maximum absolute atomic E-state index is 12.1. The van der Waals surface area contributed by atoms with Crippen LogP contribution < -0.4 is 15.8 Å². The van der Waals surface area contributed by atoms with Gasteiger partial charge in [0.15, 0.2) is 0 Å². The van der Waals surface area contributed by atoms with Crippen LogP contribution in [0.3, 0.4) is 0 Å². The Morgan fingerprint density at radius 3 is 2.86 bits per heavy atom. The maximum Gasteiger partial charge on any atom is 0.268 e. The molecule has 1 aliphatic rings. The van der Waals surface area contributed by atoms with Crippen molar-refractivity contribution in [1.82, 2.24) is 15.1 Å². The van der Waals surface area contributed by atoms with Crippen molar-refractivity contribution >= 4 is 11.6 Å². The van der Waals surface area contributed by atoms with Gasteiger partial charge in [0.25, 0.3) is 5.56 Å². The molecule has 22 heavy (non-hydrogen) atoms. The molecule has 2 heterocycles. The van der Waals surface area contributed by atoms with Gasteiger partial charge in [-0.25, -0.2) is 4.68 Å². The summed E-state index contributed by atoms with van der Waals surface area (Å²) in [6.45, 7) is 8.40. The zero-order valence-corrected chi connectivity index (χ0v) is 13.9. The van der Waals surface area contributed by atoms with E-state index in [-0.39, 0.29) is 16.9 Å². The van der Waals surface area contributed by atoms with Gasteiger partial charge in [0.05, 0.1) is 11.9 Å². The molecule has 1 aromatic heterocycles. The van der Waals surface area contributed by atoms with E-state index < -0.39 is 0 Å². The third kappa shape index (κ3) is 3.67. The molecular formula is C16H26N4O2. The van der Waals surface area contributed by atoms with Crippen LogP contribution in [0.4, 0.5) is 5.69 Å². The number of amides is 1. The summed E-state index contributed by atoms with van der Waals surface area (Å²) in [5.74, 6) is 0.532. The van der Waals surface area contributed by atoms with E-state index in [1.54, 1.807) is 19.3 Å². The number of aryl methyl sites for hydroxylation is 1. The average molecular weight is 306 g/mol. The van der Waals surface area contributed by atoms with Gasteiger partial charge in [-0.2, -0.15) is 5.10 Å². The second-order valence-corrected chi connectivity index (χ2v) is 6.72. The van der Waals surface area contributed by atoms with Crippen molar-refractivity contribution in [3.63, 3.8) is 0 Å². The largest absolute Gasteiger partial charge is 0.370 e. The van der Waals surface area contributed by atoms with Crippen molar-refractivity contribution in [2.45, 2.75) is 33.6 Å². The summed E-state index contributed by atoms with van der Waals surface area (Å²) < 4.78 is 1.32. The summed E-state index contributed by atoms with van der Waals surface area (Å²) in [5.41, 5.74) is 0.457. The second kappa shape index (κ2) is 6.50. The Morgan fingerprint density at radius 2 is 2.23 bits per heavy atom. The summed E-state index contributed by atoms with van der Waals surface area (Å²) in [4.78, 5) is 25.9. The lowest BCUT2D eigenvalue weighted by atomic mass is 9.89. The Bertz CT molecular complexity index is 594. The second-order valence-electron chi connectivity index (χ2n) is 6.72. The monoisotopic (exact) mass is 306 g/mol. The van der Waals surface area contributed by atoms with E-state index in [4.69, 9.17) is 0 Å². The van der Waals surface area contributed by atoms with Crippen molar-refractivity contribution in [3.05, 3.63) is 22.6 Å². The smallest absolute Gasteiger partial charge is 0.268 e. The zero-order chi connectivity index (χ0) is 16.3. The van der Waals surface area contributed by atoms with Gasteiger partial charge in [0.1, 0.15) is 0 Å². The number of rotatable bonds is 5. The van der Waals surface area contributed by atoms with Crippen LogP contribution in [0.1, 0.15) is 33.6 Å². The molecule has 1 aliphatic heterocycles. The number of hydrogen-bond donors (Lipinski definition) is 1. The van der Waals surface area contributed by atoms with E-state index in [0.717, 1.165) is 31.6 Å². The van der Waals surface area contributed by atoms with E-state index in [2.05, 4.69) is 15.3 Å². The highest BCUT2D eigenvalue weighted by atomic mass is 16.2. The van der Waals surface area contributed by atoms with Gasteiger partial charge in [-0.1, -0.05) is 20.8 Å². The van der Waals surface area contributed by atoms with Crippen molar-refractivity contribution in [2.24, 2.45) is 18.4 Å². The van der Waals surface area contributed by atoms with Crippen molar-refractivity contribution < 1.29 is 4.79 Å². The highest BCUT2D eigenvalue weighted by molar-refractivity contribution is 5.81. The van der Waals surface area contributed by atoms with Gasteiger partial charge >= 0.3 is 0 Å². The maximum atomic E-state index is 12.1. The van der Waals surface area contributed by atoms with E-state index in [9.17, 15) is 9.59 Å². The predicted molar refractivity (Wildman–Crippen MR) is 86.9 cm³/mol. The fraction of sp³-hybridized carbons (Fsp3) is 0.688. The summed E-state index contributed by atoms with van der Waals surface area (Å²) in [7, 11) is 1.64. The minimum absolute atomic E-state index is 0.0982. The minimum Gasteiger partial charge on any atom is -0.370 e. The molecular weight excluding hydrogens is 280 g/mol. The summed E-state index contributed by atoms with van der Waals surface area (Å²) >= 11 is 0. The first-order chi connectivity index (χ1) is 10.3. The number of carbonyl (C=O) groups is 1. The number of carbonyl (C=O) groups excluding carboxylic acids is 1. The first kappa shape index (κ1) is 16.5. The van der Waals surface area contributed by atoms with Gasteiger partial charge in [0.2, 0.25) is 5.91 Å². The number of aromatic nitrogens is 2. The molecule has 1 N–H and O–H groups in total. The fourth-order valence-corrected chi connectivity index (χ4v) is 2.50. The first-order valence-electron chi connectivity index (χ1n) is 7.90. The topological polar surface area (TPSA) is 67.2 Å². The highest BCUT2D eigenvalue weighted by Crippen LogP contribution is 2.23. The number of nitrogens with zero attached hydrogens (tertiary/aromatic N) is 3. The summed E-state index contributed by atoms with van der Waals surface area (Å²) in [6, 6.07) is 1.62. The molecule has 122 valence electrons. The molecule has 0 radical (unpaired) electrons. The van der Waals surface area contributed by atoms with Crippen LogP contribution in [0, 0.1) is 11.3 Å². The molecule has 6 nitrogen and oxygen atoms in total. The highest BCUT2D eigenvalue weighted by Gasteiger charge is 2.28. The van der Waals surface area contributed by atoms with Gasteiger partial charge in [-0.05, 0) is 18.8 Å². The Hall–Kier alpha value is -1.85. The van der Waals surface area contributed by atoms with Crippen molar-refractivity contribution in [3.8, 4) is 0 Å². The zero-order valence-electron chi connectivity index (χ0n) is 13.9. The summed E-state index contributed by atoms with van der Waals surface area (Å²) in [5, 5.41) is 7.12. The molecule has 1 atom stereocenters. The van der Waals surface area contributed by atoms with Crippen LogP contribution in [-0.2, 0) is 11.8 Å². The normalized spacial score (nSPS) is 18.5. The lowest BCUT2D eigenvalue weighted by Gasteiger charge is -2.23. The Kier molecular flexibility index (Phi) is 4.88. The third-order valence-corrected chi connectivity index (χ3v) is 4.65. The molecule has 0 aliphatic carbocycles. The Morgan fingerprint density at radius 1 is 1.50 bits per heavy atom. The average Bonchev–Trinajstić information content (AvgIpc) is 2.96. The molecule has 0 spiro atoms. The molecule has 0 unspecified atom stereocenters.